The maximum atomic E-state index is 12.5. The number of alkyl halides is 3. The second-order valence-corrected chi connectivity index (χ2v) is 5.13. The molecule has 0 aliphatic heterocycles. The summed E-state index contributed by atoms with van der Waals surface area (Å²) in [6.07, 6.45) is -3.28. The maximum absolute atomic E-state index is 12.5. The fraction of sp³-hybridized carbons (Fsp3) is 0.312. The molecule has 2 nitrogen and oxygen atoms in total. The van der Waals surface area contributed by atoms with E-state index in [0.717, 1.165) is 23.3 Å². The molecule has 1 heterocycles. The molecule has 21 heavy (non-hydrogen) atoms. The van der Waals surface area contributed by atoms with E-state index < -0.39 is 17.8 Å². The third kappa shape index (κ3) is 3.82. The van der Waals surface area contributed by atoms with Crippen molar-refractivity contribution in [3.05, 3.63) is 64.5 Å². The van der Waals surface area contributed by atoms with Crippen molar-refractivity contribution in [2.45, 2.75) is 32.5 Å². The van der Waals surface area contributed by atoms with Gasteiger partial charge in [0.1, 0.15) is 6.10 Å². The SMILES string of the molecule is Cc1cnc(C(O)Cc2ccc(C(F)(F)F)cc2)c(C)c1. The van der Waals surface area contributed by atoms with Crippen LogP contribution in [0.2, 0.25) is 0 Å². The fourth-order valence-electron chi connectivity index (χ4n) is 2.22. The largest absolute Gasteiger partial charge is 0.416 e. The smallest absolute Gasteiger partial charge is 0.386 e. The van der Waals surface area contributed by atoms with Crippen molar-refractivity contribution in [1.29, 1.82) is 0 Å². The monoisotopic (exact) mass is 295 g/mol. The number of pyridine rings is 1. The Kier molecular flexibility index (Phi) is 4.32. The van der Waals surface area contributed by atoms with Gasteiger partial charge < -0.3 is 5.11 Å². The first kappa shape index (κ1) is 15.5. The predicted molar refractivity (Wildman–Crippen MR) is 73.8 cm³/mol. The highest BCUT2D eigenvalue weighted by molar-refractivity contribution is 5.28. The lowest BCUT2D eigenvalue weighted by atomic mass is 10.0. The molecule has 0 amide bonds. The molecule has 1 aromatic carbocycles. The Morgan fingerprint density at radius 1 is 1.14 bits per heavy atom. The van der Waals surface area contributed by atoms with Gasteiger partial charge >= 0.3 is 6.18 Å². The Bertz CT molecular complexity index is 620. The molecule has 0 bridgehead atoms. The molecule has 0 radical (unpaired) electrons. The molecule has 2 rings (SSSR count). The maximum Gasteiger partial charge on any atom is 0.416 e. The average molecular weight is 295 g/mol. The zero-order valence-electron chi connectivity index (χ0n) is 11.8. The van der Waals surface area contributed by atoms with E-state index in [-0.39, 0.29) is 6.42 Å². The van der Waals surface area contributed by atoms with Gasteiger partial charge in [-0.2, -0.15) is 13.2 Å². The number of aryl methyl sites for hydroxylation is 2. The minimum atomic E-state index is -4.34. The summed E-state index contributed by atoms with van der Waals surface area (Å²) in [6.45, 7) is 3.76. The normalized spacial score (nSPS) is 13.2. The zero-order chi connectivity index (χ0) is 15.6. The first-order valence-electron chi connectivity index (χ1n) is 6.54. The quantitative estimate of drug-likeness (QED) is 0.928. The Balaban J connectivity index is 2.14. The van der Waals surface area contributed by atoms with E-state index in [0.29, 0.717) is 11.3 Å². The molecule has 0 saturated carbocycles. The zero-order valence-corrected chi connectivity index (χ0v) is 11.8. The van der Waals surface area contributed by atoms with Crippen LogP contribution in [0.5, 0.6) is 0 Å². The average Bonchev–Trinajstić information content (AvgIpc) is 2.38. The highest BCUT2D eigenvalue weighted by Crippen LogP contribution is 2.29. The first-order valence-corrected chi connectivity index (χ1v) is 6.54. The topological polar surface area (TPSA) is 33.1 Å². The van der Waals surface area contributed by atoms with Crippen LogP contribution in [-0.4, -0.2) is 10.1 Å². The van der Waals surface area contributed by atoms with Crippen molar-refractivity contribution < 1.29 is 18.3 Å². The molecule has 0 aliphatic rings. The number of aromatic nitrogens is 1. The van der Waals surface area contributed by atoms with Gasteiger partial charge in [0, 0.05) is 12.6 Å². The Morgan fingerprint density at radius 2 is 1.76 bits per heavy atom. The van der Waals surface area contributed by atoms with Gasteiger partial charge in [-0.25, -0.2) is 0 Å². The highest BCUT2D eigenvalue weighted by atomic mass is 19.4. The second-order valence-electron chi connectivity index (χ2n) is 5.13. The number of aliphatic hydroxyl groups is 1. The van der Waals surface area contributed by atoms with E-state index in [2.05, 4.69) is 4.98 Å². The number of hydrogen-bond acceptors (Lipinski definition) is 2. The summed E-state index contributed by atoms with van der Waals surface area (Å²) >= 11 is 0. The van der Waals surface area contributed by atoms with Crippen LogP contribution in [0.25, 0.3) is 0 Å². The molecular weight excluding hydrogens is 279 g/mol. The third-order valence-electron chi connectivity index (χ3n) is 3.28. The number of rotatable bonds is 3. The summed E-state index contributed by atoms with van der Waals surface area (Å²) < 4.78 is 37.4. The van der Waals surface area contributed by atoms with Gasteiger partial charge in [0.2, 0.25) is 0 Å². The van der Waals surface area contributed by atoms with Gasteiger partial charge in [-0.15, -0.1) is 0 Å². The minimum Gasteiger partial charge on any atom is -0.386 e. The van der Waals surface area contributed by atoms with Crippen LogP contribution in [0.4, 0.5) is 13.2 Å². The van der Waals surface area contributed by atoms with Crippen molar-refractivity contribution in [3.63, 3.8) is 0 Å². The summed E-state index contributed by atoms with van der Waals surface area (Å²) in [5.74, 6) is 0. The minimum absolute atomic E-state index is 0.231. The van der Waals surface area contributed by atoms with Gasteiger partial charge in [-0.3, -0.25) is 4.98 Å². The van der Waals surface area contributed by atoms with E-state index in [1.54, 1.807) is 6.20 Å². The summed E-state index contributed by atoms with van der Waals surface area (Å²) in [7, 11) is 0. The number of aliphatic hydroxyl groups excluding tert-OH is 1. The van der Waals surface area contributed by atoms with Crippen LogP contribution in [0.1, 0.15) is 34.1 Å². The lowest BCUT2D eigenvalue weighted by Crippen LogP contribution is -2.08. The first-order chi connectivity index (χ1) is 9.77. The van der Waals surface area contributed by atoms with E-state index >= 15 is 0 Å². The van der Waals surface area contributed by atoms with Gasteiger partial charge in [-0.1, -0.05) is 18.2 Å². The molecule has 0 fully saturated rings. The van der Waals surface area contributed by atoms with E-state index in [1.165, 1.54) is 12.1 Å². The summed E-state index contributed by atoms with van der Waals surface area (Å²) in [5, 5.41) is 10.2. The van der Waals surface area contributed by atoms with Crippen molar-refractivity contribution in [3.8, 4) is 0 Å². The summed E-state index contributed by atoms with van der Waals surface area (Å²) in [4.78, 5) is 4.20. The molecular formula is C16H16F3NO. The molecule has 0 spiro atoms. The van der Waals surface area contributed by atoms with Crippen LogP contribution in [0.3, 0.4) is 0 Å². The van der Waals surface area contributed by atoms with Gasteiger partial charge in [0.25, 0.3) is 0 Å². The van der Waals surface area contributed by atoms with E-state index in [1.807, 2.05) is 19.9 Å². The molecule has 1 unspecified atom stereocenters. The van der Waals surface area contributed by atoms with Crippen molar-refractivity contribution in [1.82, 2.24) is 4.98 Å². The van der Waals surface area contributed by atoms with Gasteiger partial charge in [0.05, 0.1) is 11.3 Å². The van der Waals surface area contributed by atoms with Crippen LogP contribution in [-0.2, 0) is 12.6 Å². The number of nitrogens with zero attached hydrogens (tertiary/aromatic N) is 1. The predicted octanol–water partition coefficient (Wildman–Crippen LogP) is 3.99. The van der Waals surface area contributed by atoms with Crippen molar-refractivity contribution in [2.24, 2.45) is 0 Å². The lowest BCUT2D eigenvalue weighted by molar-refractivity contribution is -0.137. The van der Waals surface area contributed by atoms with Crippen LogP contribution >= 0.6 is 0 Å². The molecule has 1 aromatic heterocycles. The van der Waals surface area contributed by atoms with Gasteiger partial charge in [0.15, 0.2) is 0 Å². The standard InChI is InChI=1S/C16H16F3NO/c1-10-7-11(2)15(20-9-10)14(21)8-12-3-5-13(6-4-12)16(17,18)19/h3-7,9,14,21H,8H2,1-2H3. The van der Waals surface area contributed by atoms with Crippen molar-refractivity contribution >= 4 is 0 Å². The molecule has 0 saturated heterocycles. The Labute approximate surface area is 121 Å². The van der Waals surface area contributed by atoms with Crippen LogP contribution < -0.4 is 0 Å². The number of benzene rings is 1. The Morgan fingerprint density at radius 3 is 2.29 bits per heavy atom. The molecule has 2 aromatic rings. The van der Waals surface area contributed by atoms with E-state index in [4.69, 9.17) is 0 Å². The number of hydrogen-bond donors (Lipinski definition) is 1. The molecule has 5 heteroatoms. The van der Waals surface area contributed by atoms with Gasteiger partial charge in [-0.05, 0) is 42.7 Å². The fourth-order valence-corrected chi connectivity index (χ4v) is 2.22. The van der Waals surface area contributed by atoms with Crippen LogP contribution in [0.15, 0.2) is 36.5 Å². The Hall–Kier alpha value is -1.88. The second kappa shape index (κ2) is 5.85. The lowest BCUT2D eigenvalue weighted by Gasteiger charge is -2.14. The third-order valence-corrected chi connectivity index (χ3v) is 3.28. The molecule has 1 atom stereocenters. The summed E-state index contributed by atoms with van der Waals surface area (Å²) in [6, 6.07) is 6.73. The highest BCUT2D eigenvalue weighted by Gasteiger charge is 2.30. The molecule has 112 valence electrons. The van der Waals surface area contributed by atoms with Crippen LogP contribution in [0, 0.1) is 13.8 Å². The van der Waals surface area contributed by atoms with E-state index in [9.17, 15) is 18.3 Å². The number of halogens is 3. The molecule has 0 aliphatic carbocycles. The van der Waals surface area contributed by atoms with Crippen molar-refractivity contribution in [2.75, 3.05) is 0 Å². The molecule has 1 N–H and O–H groups in total. The summed E-state index contributed by atoms with van der Waals surface area (Å²) in [5.41, 5.74) is 2.37.